The van der Waals surface area contributed by atoms with Crippen molar-refractivity contribution in [2.24, 2.45) is 10.8 Å². The molecule has 0 aliphatic carbocycles. The summed E-state index contributed by atoms with van der Waals surface area (Å²) < 4.78 is 13.2. The Morgan fingerprint density at radius 2 is 1.11 bits per heavy atom. The monoisotopic (exact) mass is 530 g/mol. The van der Waals surface area contributed by atoms with Crippen molar-refractivity contribution in [1.82, 2.24) is 0 Å². The Labute approximate surface area is 229 Å². The van der Waals surface area contributed by atoms with Gasteiger partial charge in [0, 0.05) is 0 Å². The fraction of sp³-hybridized carbons (Fsp3) is 0.750. The molecule has 0 aromatic heterocycles. The van der Waals surface area contributed by atoms with Crippen LogP contribution >= 0.6 is 0 Å². The van der Waals surface area contributed by atoms with E-state index in [-0.39, 0.29) is 24.4 Å². The van der Waals surface area contributed by atoms with E-state index < -0.39 is 22.8 Å². The van der Waals surface area contributed by atoms with Crippen LogP contribution in [0.3, 0.4) is 0 Å². The Morgan fingerprint density at radius 3 is 1.47 bits per heavy atom. The minimum absolute atomic E-state index is 0.0858. The van der Waals surface area contributed by atoms with Gasteiger partial charge in [0.25, 0.3) is 0 Å². The fourth-order valence-electron chi connectivity index (χ4n) is 5.87. The maximum Gasteiger partial charge on any atom is 0.309 e. The van der Waals surface area contributed by atoms with Gasteiger partial charge >= 0.3 is 11.9 Å². The molecule has 0 amide bonds. The molecule has 1 aromatic carbocycles. The number of benzene rings is 1. The van der Waals surface area contributed by atoms with Gasteiger partial charge in [-0.15, -0.1) is 0 Å². The van der Waals surface area contributed by atoms with Crippen LogP contribution in [0.2, 0.25) is 0 Å². The standard InChI is InChI=1S/C32H50O6/c1-31(2,29(33)34)21-9-7-13-23-15-11-19-27(37-23)25-17-5-6-18-26(25)28-20-12-16-24(38-28)14-8-10-22-32(3,4)30(35)36/h5-6,17-18,23-24,27-28H,7-16,19-22H2,1-4H3,(H,33,34)(H,35,36). The zero-order valence-electron chi connectivity index (χ0n) is 24.0. The summed E-state index contributed by atoms with van der Waals surface area (Å²) in [5, 5.41) is 18.7. The lowest BCUT2D eigenvalue weighted by molar-refractivity contribution is -0.148. The second-order valence-corrected chi connectivity index (χ2v) is 12.9. The van der Waals surface area contributed by atoms with Gasteiger partial charge < -0.3 is 19.7 Å². The van der Waals surface area contributed by atoms with E-state index in [9.17, 15) is 19.8 Å². The molecule has 6 heteroatoms. The predicted molar refractivity (Wildman–Crippen MR) is 149 cm³/mol. The lowest BCUT2D eigenvalue weighted by atomic mass is 9.86. The molecule has 214 valence electrons. The number of ether oxygens (including phenoxy) is 2. The molecular formula is C32H50O6. The van der Waals surface area contributed by atoms with Gasteiger partial charge in [0.15, 0.2) is 0 Å². The van der Waals surface area contributed by atoms with Crippen molar-refractivity contribution >= 4 is 11.9 Å². The van der Waals surface area contributed by atoms with Gasteiger partial charge in [0.05, 0.1) is 35.2 Å². The predicted octanol–water partition coefficient (Wildman–Crippen LogP) is 8.25. The highest BCUT2D eigenvalue weighted by Crippen LogP contribution is 2.41. The first-order chi connectivity index (χ1) is 18.0. The average Bonchev–Trinajstić information content (AvgIpc) is 2.89. The van der Waals surface area contributed by atoms with Crippen LogP contribution in [-0.2, 0) is 19.1 Å². The van der Waals surface area contributed by atoms with Crippen molar-refractivity contribution in [1.29, 1.82) is 0 Å². The summed E-state index contributed by atoms with van der Waals surface area (Å²) in [6, 6.07) is 8.62. The minimum Gasteiger partial charge on any atom is -0.481 e. The quantitative estimate of drug-likeness (QED) is 0.235. The van der Waals surface area contributed by atoms with Gasteiger partial charge in [0.2, 0.25) is 0 Å². The number of hydrogen-bond acceptors (Lipinski definition) is 4. The molecule has 4 atom stereocenters. The van der Waals surface area contributed by atoms with E-state index in [1.165, 1.54) is 11.1 Å². The van der Waals surface area contributed by atoms with Crippen molar-refractivity contribution in [3.63, 3.8) is 0 Å². The molecule has 2 aliphatic heterocycles. The molecule has 3 rings (SSSR count). The molecular weight excluding hydrogens is 480 g/mol. The summed E-state index contributed by atoms with van der Waals surface area (Å²) in [6.07, 6.45) is 14.3. The summed E-state index contributed by atoms with van der Waals surface area (Å²) in [4.78, 5) is 22.7. The molecule has 0 saturated carbocycles. The van der Waals surface area contributed by atoms with E-state index in [1.54, 1.807) is 27.7 Å². The molecule has 38 heavy (non-hydrogen) atoms. The third-order valence-corrected chi connectivity index (χ3v) is 8.70. The van der Waals surface area contributed by atoms with Crippen molar-refractivity contribution in [3.05, 3.63) is 35.4 Å². The molecule has 2 fully saturated rings. The smallest absolute Gasteiger partial charge is 0.309 e. The molecule has 0 bridgehead atoms. The number of aliphatic carboxylic acids is 2. The Morgan fingerprint density at radius 1 is 0.711 bits per heavy atom. The molecule has 0 radical (unpaired) electrons. The molecule has 1 aromatic rings. The number of unbranched alkanes of at least 4 members (excludes halogenated alkanes) is 2. The molecule has 2 heterocycles. The van der Waals surface area contributed by atoms with Gasteiger partial charge in [-0.2, -0.15) is 0 Å². The Bertz CT molecular complexity index is 834. The highest BCUT2D eigenvalue weighted by molar-refractivity contribution is 5.73. The Hall–Kier alpha value is -1.92. The zero-order valence-corrected chi connectivity index (χ0v) is 24.0. The molecule has 2 aliphatic rings. The van der Waals surface area contributed by atoms with Crippen LogP contribution in [0.1, 0.15) is 141 Å². The highest BCUT2D eigenvalue weighted by atomic mass is 16.5. The van der Waals surface area contributed by atoms with Gasteiger partial charge in [-0.05, 0) is 103 Å². The molecule has 2 saturated heterocycles. The fourth-order valence-corrected chi connectivity index (χ4v) is 5.87. The average molecular weight is 531 g/mol. The number of rotatable bonds is 14. The van der Waals surface area contributed by atoms with Crippen molar-refractivity contribution in [2.75, 3.05) is 0 Å². The third kappa shape index (κ3) is 8.81. The number of carboxylic acids is 2. The topological polar surface area (TPSA) is 93.1 Å². The van der Waals surface area contributed by atoms with Crippen molar-refractivity contribution in [2.45, 2.75) is 142 Å². The van der Waals surface area contributed by atoms with Gasteiger partial charge in [-0.25, -0.2) is 0 Å². The van der Waals surface area contributed by atoms with Crippen LogP contribution < -0.4 is 0 Å². The Balaban J connectivity index is 1.52. The molecule has 4 unspecified atom stereocenters. The van der Waals surface area contributed by atoms with Crippen LogP contribution in [-0.4, -0.2) is 34.4 Å². The third-order valence-electron chi connectivity index (χ3n) is 8.70. The van der Waals surface area contributed by atoms with Crippen LogP contribution in [0.15, 0.2) is 24.3 Å². The summed E-state index contributed by atoms with van der Waals surface area (Å²) in [7, 11) is 0. The highest BCUT2D eigenvalue weighted by Gasteiger charge is 2.31. The summed E-state index contributed by atoms with van der Waals surface area (Å²) in [5.74, 6) is -1.45. The number of hydrogen-bond donors (Lipinski definition) is 2. The molecule has 6 nitrogen and oxygen atoms in total. The van der Waals surface area contributed by atoms with Crippen LogP contribution in [0, 0.1) is 10.8 Å². The van der Waals surface area contributed by atoms with E-state index in [0.717, 1.165) is 77.0 Å². The van der Waals surface area contributed by atoms with E-state index >= 15 is 0 Å². The van der Waals surface area contributed by atoms with E-state index in [1.807, 2.05) is 0 Å². The normalized spacial score (nSPS) is 24.7. The summed E-state index contributed by atoms with van der Waals surface area (Å²) in [5.41, 5.74) is 1.19. The summed E-state index contributed by atoms with van der Waals surface area (Å²) >= 11 is 0. The van der Waals surface area contributed by atoms with Crippen LogP contribution in [0.25, 0.3) is 0 Å². The van der Waals surface area contributed by atoms with E-state index in [4.69, 9.17) is 9.47 Å². The minimum atomic E-state index is -0.725. The SMILES string of the molecule is CC(C)(CCCCC1CCCC(c2ccccc2C2CCCC(CCCCC(C)(C)C(=O)O)O2)O1)C(=O)O. The maximum atomic E-state index is 11.4. The summed E-state index contributed by atoms with van der Waals surface area (Å²) in [6.45, 7) is 7.21. The van der Waals surface area contributed by atoms with Crippen molar-refractivity contribution < 1.29 is 29.3 Å². The zero-order chi connectivity index (χ0) is 27.8. The van der Waals surface area contributed by atoms with Gasteiger partial charge in [0.1, 0.15) is 0 Å². The van der Waals surface area contributed by atoms with Gasteiger partial charge in [-0.1, -0.05) is 49.9 Å². The van der Waals surface area contributed by atoms with E-state index in [0.29, 0.717) is 12.8 Å². The Kier molecular flexibility index (Phi) is 11.2. The number of carboxylic acid groups (broad SMARTS) is 2. The van der Waals surface area contributed by atoms with Crippen molar-refractivity contribution in [3.8, 4) is 0 Å². The largest absolute Gasteiger partial charge is 0.481 e. The lowest BCUT2D eigenvalue weighted by Crippen LogP contribution is -2.27. The second kappa shape index (κ2) is 13.9. The van der Waals surface area contributed by atoms with Gasteiger partial charge in [-0.3, -0.25) is 9.59 Å². The first-order valence-electron chi connectivity index (χ1n) is 14.9. The van der Waals surface area contributed by atoms with Crippen LogP contribution in [0.5, 0.6) is 0 Å². The molecule has 2 N–H and O–H groups in total. The maximum absolute atomic E-state index is 11.4. The van der Waals surface area contributed by atoms with Crippen LogP contribution in [0.4, 0.5) is 0 Å². The first kappa shape index (κ1) is 30.6. The second-order valence-electron chi connectivity index (χ2n) is 12.9. The molecule has 0 spiro atoms. The van der Waals surface area contributed by atoms with E-state index in [2.05, 4.69) is 24.3 Å². The number of carbonyl (C=O) groups is 2. The first-order valence-corrected chi connectivity index (χ1v) is 14.9. The lowest BCUT2D eigenvalue weighted by Gasteiger charge is -2.35.